The zero-order chi connectivity index (χ0) is 13.3. The predicted octanol–water partition coefficient (Wildman–Crippen LogP) is 3.34. The Morgan fingerprint density at radius 3 is 2.56 bits per heavy atom. The van der Waals surface area contributed by atoms with Gasteiger partial charge in [-0.2, -0.15) is 0 Å². The van der Waals surface area contributed by atoms with E-state index in [2.05, 4.69) is 52.0 Å². The van der Waals surface area contributed by atoms with Crippen molar-refractivity contribution in [3.8, 4) is 0 Å². The predicted molar refractivity (Wildman–Crippen MR) is 77.9 cm³/mol. The minimum atomic E-state index is 0.111. The molecular weight excluding hydrogens is 220 g/mol. The molecule has 0 aliphatic rings. The monoisotopic (exact) mass is 242 g/mol. The molecule has 0 radical (unpaired) electrons. The number of hydrogen-bond acceptors (Lipinski definition) is 2. The highest BCUT2D eigenvalue weighted by Crippen LogP contribution is 2.30. The summed E-state index contributed by atoms with van der Waals surface area (Å²) in [6.45, 7) is 9.42. The second kappa shape index (κ2) is 4.69. The normalized spacial score (nSPS) is 12.1. The Morgan fingerprint density at radius 1 is 1.22 bits per heavy atom. The first-order valence-electron chi connectivity index (χ1n) is 6.53. The fourth-order valence-electron chi connectivity index (χ4n) is 2.43. The first kappa shape index (κ1) is 13.0. The summed E-state index contributed by atoms with van der Waals surface area (Å²) in [5.41, 5.74) is 10.6. The average molecular weight is 242 g/mol. The number of benzene rings is 1. The first-order chi connectivity index (χ1) is 8.43. The van der Waals surface area contributed by atoms with Crippen LogP contribution < -0.4 is 5.73 Å². The van der Waals surface area contributed by atoms with Gasteiger partial charge in [-0.15, -0.1) is 0 Å². The number of pyridine rings is 1. The number of nitrogens with two attached hydrogens (primary N) is 1. The van der Waals surface area contributed by atoms with Gasteiger partial charge in [-0.25, -0.2) is 0 Å². The van der Waals surface area contributed by atoms with Gasteiger partial charge in [-0.05, 0) is 42.5 Å². The molecule has 0 fully saturated rings. The molecule has 0 aliphatic carbocycles. The van der Waals surface area contributed by atoms with Crippen LogP contribution in [0.2, 0.25) is 0 Å². The molecule has 0 atom stereocenters. The van der Waals surface area contributed by atoms with Crippen molar-refractivity contribution in [2.24, 2.45) is 5.73 Å². The van der Waals surface area contributed by atoms with E-state index in [0.29, 0.717) is 6.54 Å². The average Bonchev–Trinajstić information content (AvgIpc) is 2.27. The largest absolute Gasteiger partial charge is 0.330 e. The lowest BCUT2D eigenvalue weighted by molar-refractivity contribution is 0.594. The van der Waals surface area contributed by atoms with Crippen molar-refractivity contribution in [2.75, 3.05) is 6.54 Å². The van der Waals surface area contributed by atoms with E-state index < -0.39 is 0 Å². The van der Waals surface area contributed by atoms with Gasteiger partial charge in [0, 0.05) is 11.1 Å². The Hall–Kier alpha value is -1.41. The van der Waals surface area contributed by atoms with Gasteiger partial charge in [-0.1, -0.05) is 39.0 Å². The number of para-hydroxylation sites is 1. The van der Waals surface area contributed by atoms with Crippen LogP contribution in [0.5, 0.6) is 0 Å². The summed E-state index contributed by atoms with van der Waals surface area (Å²) in [6, 6.07) is 8.62. The Bertz CT molecular complexity index is 565. The van der Waals surface area contributed by atoms with E-state index in [1.807, 2.05) is 0 Å². The van der Waals surface area contributed by atoms with Gasteiger partial charge in [0.1, 0.15) is 0 Å². The molecule has 96 valence electrons. The highest BCUT2D eigenvalue weighted by molar-refractivity contribution is 5.86. The molecule has 2 heteroatoms. The summed E-state index contributed by atoms with van der Waals surface area (Å²) < 4.78 is 0. The number of aromatic nitrogens is 1. The Labute approximate surface area is 109 Å². The Kier molecular flexibility index (Phi) is 3.40. The van der Waals surface area contributed by atoms with Crippen LogP contribution >= 0.6 is 0 Å². The topological polar surface area (TPSA) is 38.9 Å². The van der Waals surface area contributed by atoms with Gasteiger partial charge >= 0.3 is 0 Å². The number of fused-ring (bicyclic) bond motifs is 1. The van der Waals surface area contributed by atoms with E-state index in [1.54, 1.807) is 0 Å². The van der Waals surface area contributed by atoms with Crippen LogP contribution in [0.15, 0.2) is 24.3 Å². The molecule has 0 saturated heterocycles. The summed E-state index contributed by atoms with van der Waals surface area (Å²) in [5.74, 6) is 0. The molecule has 2 nitrogen and oxygen atoms in total. The van der Waals surface area contributed by atoms with Crippen molar-refractivity contribution in [3.05, 3.63) is 41.1 Å². The van der Waals surface area contributed by atoms with Gasteiger partial charge in [0.2, 0.25) is 0 Å². The minimum Gasteiger partial charge on any atom is -0.330 e. The maximum atomic E-state index is 5.71. The van der Waals surface area contributed by atoms with Crippen molar-refractivity contribution in [2.45, 2.75) is 39.5 Å². The van der Waals surface area contributed by atoms with Gasteiger partial charge in [0.25, 0.3) is 0 Å². The molecule has 0 unspecified atom stereocenters. The number of hydrogen-bond donors (Lipinski definition) is 1. The second-order valence-corrected chi connectivity index (χ2v) is 5.91. The molecule has 1 heterocycles. The van der Waals surface area contributed by atoms with Crippen LogP contribution in [0, 0.1) is 6.92 Å². The molecule has 2 aromatic rings. The van der Waals surface area contributed by atoms with E-state index in [0.717, 1.165) is 17.6 Å². The standard InChI is InChI=1S/C16H22N2/c1-11-10-12(8-9-17)13-6-5-7-14(15(13)18-11)16(2,3)4/h5-7,10H,8-9,17H2,1-4H3. The maximum absolute atomic E-state index is 5.71. The van der Waals surface area contributed by atoms with Gasteiger partial charge < -0.3 is 5.73 Å². The smallest absolute Gasteiger partial charge is 0.0745 e. The molecule has 18 heavy (non-hydrogen) atoms. The molecule has 2 N–H and O–H groups in total. The zero-order valence-corrected chi connectivity index (χ0v) is 11.7. The third-order valence-corrected chi connectivity index (χ3v) is 3.27. The van der Waals surface area contributed by atoms with E-state index in [9.17, 15) is 0 Å². The molecule has 0 bridgehead atoms. The van der Waals surface area contributed by atoms with Crippen molar-refractivity contribution in [1.29, 1.82) is 0 Å². The number of rotatable bonds is 2. The molecule has 0 amide bonds. The van der Waals surface area contributed by atoms with Crippen LogP contribution in [0.3, 0.4) is 0 Å². The Morgan fingerprint density at radius 2 is 1.94 bits per heavy atom. The quantitative estimate of drug-likeness (QED) is 0.877. The number of nitrogens with zero attached hydrogens (tertiary/aromatic N) is 1. The van der Waals surface area contributed by atoms with Crippen molar-refractivity contribution >= 4 is 10.9 Å². The summed E-state index contributed by atoms with van der Waals surface area (Å²) in [5, 5.41) is 1.25. The molecule has 0 saturated carbocycles. The maximum Gasteiger partial charge on any atom is 0.0745 e. The number of aryl methyl sites for hydroxylation is 1. The highest BCUT2D eigenvalue weighted by Gasteiger charge is 2.18. The fraction of sp³-hybridized carbons (Fsp3) is 0.438. The summed E-state index contributed by atoms with van der Waals surface area (Å²) in [4.78, 5) is 4.74. The highest BCUT2D eigenvalue weighted by atomic mass is 14.7. The van der Waals surface area contributed by atoms with Crippen LogP contribution in [0.1, 0.15) is 37.6 Å². The van der Waals surface area contributed by atoms with Gasteiger partial charge in [0.15, 0.2) is 0 Å². The van der Waals surface area contributed by atoms with Gasteiger partial charge in [0.05, 0.1) is 5.52 Å². The Balaban J connectivity index is 2.77. The van der Waals surface area contributed by atoms with Crippen molar-refractivity contribution < 1.29 is 0 Å². The van der Waals surface area contributed by atoms with Gasteiger partial charge in [-0.3, -0.25) is 4.98 Å². The van der Waals surface area contributed by atoms with Crippen LogP contribution in [-0.2, 0) is 11.8 Å². The summed E-state index contributed by atoms with van der Waals surface area (Å²) in [6.07, 6.45) is 0.910. The first-order valence-corrected chi connectivity index (χ1v) is 6.53. The van der Waals surface area contributed by atoms with Crippen molar-refractivity contribution in [3.63, 3.8) is 0 Å². The summed E-state index contributed by atoms with van der Waals surface area (Å²) in [7, 11) is 0. The lowest BCUT2D eigenvalue weighted by Gasteiger charge is -2.21. The van der Waals surface area contributed by atoms with Crippen LogP contribution in [-0.4, -0.2) is 11.5 Å². The molecule has 2 rings (SSSR count). The third kappa shape index (κ3) is 2.39. The van der Waals surface area contributed by atoms with Crippen molar-refractivity contribution in [1.82, 2.24) is 4.98 Å². The lowest BCUT2D eigenvalue weighted by Crippen LogP contribution is -2.13. The third-order valence-electron chi connectivity index (χ3n) is 3.27. The minimum absolute atomic E-state index is 0.111. The second-order valence-electron chi connectivity index (χ2n) is 5.91. The molecule has 1 aromatic carbocycles. The fourth-order valence-corrected chi connectivity index (χ4v) is 2.43. The molecule has 0 spiro atoms. The van der Waals surface area contributed by atoms with E-state index in [-0.39, 0.29) is 5.41 Å². The summed E-state index contributed by atoms with van der Waals surface area (Å²) >= 11 is 0. The van der Waals surface area contributed by atoms with E-state index in [4.69, 9.17) is 10.7 Å². The van der Waals surface area contributed by atoms with Crippen LogP contribution in [0.4, 0.5) is 0 Å². The molecular formula is C16H22N2. The SMILES string of the molecule is Cc1cc(CCN)c2cccc(C(C)(C)C)c2n1. The zero-order valence-electron chi connectivity index (χ0n) is 11.7. The molecule has 0 aliphatic heterocycles. The molecule has 1 aromatic heterocycles. The van der Waals surface area contributed by atoms with E-state index >= 15 is 0 Å². The lowest BCUT2D eigenvalue weighted by atomic mass is 9.84. The van der Waals surface area contributed by atoms with Crippen LogP contribution in [0.25, 0.3) is 10.9 Å². The van der Waals surface area contributed by atoms with E-state index in [1.165, 1.54) is 16.5 Å².